The standard InChI is InChI=1S/C59H68F6N10O6S2/c1-82(78,79)48-20-16-42(17-21-48)66-30-8-10-46-36-50-52(12-6-14-54(50)74(46)40-58(60,61)62)70-44-24-32-72(33-25-44)38-56(76)68-28-4-3-5-29-69-57(77)39-73-34-26-45(27-35-73)71-53-13-7-15-55-51(53)37-47(75(55)41-59(63,64)65)11-9-31-67-43-18-22-49(23-19-43)83(2,80)81/h6-7,12-23,36-37,44-45,66-67,70-71H,3-5,24-35,38-41H2,1-2H3,(H,68,76)(H,69,77). The summed E-state index contributed by atoms with van der Waals surface area (Å²) in [5.41, 5.74) is 3.82. The fraction of sp³-hybridized carbons (Fsp3) is 0.424. The highest BCUT2D eigenvalue weighted by atomic mass is 32.2. The van der Waals surface area contributed by atoms with E-state index >= 15 is 0 Å². The van der Waals surface area contributed by atoms with Gasteiger partial charge in [-0.05, 0) is 142 Å². The monoisotopic (exact) mass is 1190 g/mol. The van der Waals surface area contributed by atoms with Gasteiger partial charge in [-0.25, -0.2) is 16.8 Å². The molecule has 4 heterocycles. The number of benzene rings is 4. The van der Waals surface area contributed by atoms with Crippen LogP contribution in [0.3, 0.4) is 0 Å². The van der Waals surface area contributed by atoms with Gasteiger partial charge >= 0.3 is 12.4 Å². The minimum absolute atomic E-state index is 0.0339. The number of aromatic nitrogens is 2. The first-order chi connectivity index (χ1) is 39.4. The van der Waals surface area contributed by atoms with Gasteiger partial charge in [0.2, 0.25) is 11.8 Å². The molecule has 0 unspecified atom stereocenters. The quantitative estimate of drug-likeness (QED) is 0.0217. The summed E-state index contributed by atoms with van der Waals surface area (Å²) in [5, 5.41) is 20.4. The molecule has 0 spiro atoms. The van der Waals surface area contributed by atoms with Crippen LogP contribution in [0, 0.1) is 23.7 Å². The van der Waals surface area contributed by atoms with E-state index in [1.807, 2.05) is 12.1 Å². The van der Waals surface area contributed by atoms with Crippen LogP contribution in [0.15, 0.2) is 107 Å². The lowest BCUT2D eigenvalue weighted by molar-refractivity contribution is -0.140. The van der Waals surface area contributed by atoms with Crippen LogP contribution in [0.5, 0.6) is 0 Å². The van der Waals surface area contributed by atoms with Crippen LogP contribution >= 0.6 is 0 Å². The Morgan fingerprint density at radius 1 is 0.542 bits per heavy atom. The molecule has 16 nitrogen and oxygen atoms in total. The average Bonchev–Trinajstić information content (AvgIpc) is 4.16. The number of unbranched alkanes of at least 4 members (excludes halogenated alkanes) is 2. The molecule has 2 aliphatic heterocycles. The second-order valence-corrected chi connectivity index (χ2v) is 25.0. The maximum absolute atomic E-state index is 13.8. The molecule has 2 amide bonds. The van der Waals surface area contributed by atoms with E-state index in [-0.39, 0.29) is 71.3 Å². The highest BCUT2D eigenvalue weighted by Gasteiger charge is 2.32. The number of fused-ring (bicyclic) bond motifs is 2. The van der Waals surface area contributed by atoms with E-state index in [0.717, 1.165) is 66.6 Å². The van der Waals surface area contributed by atoms with Gasteiger partial charge in [0, 0.05) is 97.4 Å². The number of alkyl halides is 6. The van der Waals surface area contributed by atoms with Gasteiger partial charge in [0.15, 0.2) is 19.7 Å². The van der Waals surface area contributed by atoms with Gasteiger partial charge in [0.25, 0.3) is 0 Å². The van der Waals surface area contributed by atoms with Crippen LogP contribution in [0.25, 0.3) is 21.8 Å². The van der Waals surface area contributed by atoms with Crippen molar-refractivity contribution in [3.63, 3.8) is 0 Å². The van der Waals surface area contributed by atoms with Crippen molar-refractivity contribution in [3.05, 3.63) is 108 Å². The SMILES string of the molecule is CS(=O)(=O)c1ccc(NCC#Cc2cc3c(NC4CCN(CC(=O)NCCCCCNC(=O)CN5CCC(Nc6cccc7c6cc(C#CCNc6ccc(S(C)(=O)=O)cc6)n7CC(F)(F)F)CC5)CC4)cccc3n2CC(F)(F)F)cc1. The van der Waals surface area contributed by atoms with E-state index < -0.39 is 45.1 Å². The fourth-order valence-electron chi connectivity index (χ4n) is 10.2. The number of rotatable bonds is 22. The molecule has 0 saturated carbocycles. The number of nitrogens with zero attached hydrogens (tertiary/aromatic N) is 4. The molecule has 2 saturated heterocycles. The number of amides is 2. The molecule has 0 atom stereocenters. The number of carbonyl (C=O) groups excluding carboxylic acids is 2. The smallest absolute Gasteiger partial charge is 0.382 e. The molecule has 6 N–H and O–H groups in total. The summed E-state index contributed by atoms with van der Waals surface area (Å²) >= 11 is 0. The molecule has 0 radical (unpaired) electrons. The van der Waals surface area contributed by atoms with Crippen molar-refractivity contribution in [1.82, 2.24) is 29.6 Å². The summed E-state index contributed by atoms with van der Waals surface area (Å²) in [5.74, 6) is 11.4. The van der Waals surface area contributed by atoms with Crippen molar-refractivity contribution in [2.24, 2.45) is 0 Å². The number of anilines is 4. The Balaban J connectivity index is 0.706. The van der Waals surface area contributed by atoms with Gasteiger partial charge in [-0.15, -0.1) is 0 Å². The number of sulfone groups is 2. The third-order valence-corrected chi connectivity index (χ3v) is 16.7. The van der Waals surface area contributed by atoms with Gasteiger partial charge in [-0.3, -0.25) is 19.4 Å². The number of hydrogen-bond acceptors (Lipinski definition) is 12. The highest BCUT2D eigenvalue weighted by molar-refractivity contribution is 7.91. The molecule has 8 rings (SSSR count). The van der Waals surface area contributed by atoms with Crippen molar-refractivity contribution in [3.8, 4) is 23.7 Å². The van der Waals surface area contributed by atoms with E-state index in [1.165, 1.54) is 24.3 Å². The molecule has 24 heteroatoms. The Bertz CT molecular complexity index is 3350. The number of piperidine rings is 2. The zero-order valence-electron chi connectivity index (χ0n) is 46.1. The topological polar surface area (TPSA) is 191 Å². The van der Waals surface area contributed by atoms with E-state index in [0.29, 0.717) is 83.8 Å². The Hall–Kier alpha value is -7.38. The van der Waals surface area contributed by atoms with Crippen molar-refractivity contribution >= 4 is 76.0 Å². The van der Waals surface area contributed by atoms with Crippen molar-refractivity contribution < 1.29 is 52.8 Å². The maximum atomic E-state index is 13.8. The lowest BCUT2D eigenvalue weighted by atomic mass is 10.0. The third-order valence-electron chi connectivity index (χ3n) is 14.5. The largest absolute Gasteiger partial charge is 0.406 e. The lowest BCUT2D eigenvalue weighted by Crippen LogP contribution is -2.44. The van der Waals surface area contributed by atoms with E-state index in [4.69, 9.17) is 0 Å². The number of hydrogen-bond donors (Lipinski definition) is 6. The fourth-order valence-corrected chi connectivity index (χ4v) is 11.5. The molecular formula is C59H68F6N10O6S2. The van der Waals surface area contributed by atoms with E-state index in [2.05, 4.69) is 65.4 Å². The Morgan fingerprint density at radius 2 is 0.916 bits per heavy atom. The molecule has 2 aromatic heterocycles. The Morgan fingerprint density at radius 3 is 1.27 bits per heavy atom. The first-order valence-electron chi connectivity index (χ1n) is 27.4. The molecule has 0 bridgehead atoms. The zero-order chi connectivity index (χ0) is 59.4. The molecule has 4 aromatic carbocycles. The summed E-state index contributed by atoms with van der Waals surface area (Å²) in [6.07, 6.45) is -1.55. The lowest BCUT2D eigenvalue weighted by Gasteiger charge is -2.32. The molecule has 2 aliphatic rings. The number of halogens is 6. The van der Waals surface area contributed by atoms with Gasteiger partial charge in [0.1, 0.15) is 13.1 Å². The second-order valence-electron chi connectivity index (χ2n) is 21.0. The molecule has 83 heavy (non-hydrogen) atoms. The summed E-state index contributed by atoms with van der Waals surface area (Å²) in [7, 11) is -6.71. The maximum Gasteiger partial charge on any atom is 0.406 e. The minimum atomic E-state index is -4.49. The van der Waals surface area contributed by atoms with Gasteiger partial charge in [-0.1, -0.05) is 24.0 Å². The third kappa shape index (κ3) is 18.3. The highest BCUT2D eigenvalue weighted by Crippen LogP contribution is 2.33. The molecule has 2 fully saturated rings. The summed E-state index contributed by atoms with van der Waals surface area (Å²) < 4.78 is 132. The van der Waals surface area contributed by atoms with Crippen molar-refractivity contribution in [2.45, 2.75) is 92.3 Å². The second kappa shape index (κ2) is 27.3. The van der Waals surface area contributed by atoms with Crippen LogP contribution in [-0.4, -0.2) is 150 Å². The van der Waals surface area contributed by atoms with Crippen LogP contribution in [0.2, 0.25) is 0 Å². The molecule has 444 valence electrons. The normalized spacial score (nSPS) is 15.0. The predicted molar refractivity (Wildman–Crippen MR) is 312 cm³/mol. The van der Waals surface area contributed by atoms with Crippen LogP contribution in [0.1, 0.15) is 56.3 Å². The van der Waals surface area contributed by atoms with Gasteiger partial charge in [0.05, 0.1) is 58.4 Å². The summed E-state index contributed by atoms with van der Waals surface area (Å²) in [6.45, 7) is 1.94. The van der Waals surface area contributed by atoms with Crippen molar-refractivity contribution in [1.29, 1.82) is 0 Å². The summed E-state index contributed by atoms with van der Waals surface area (Å²) in [6, 6.07) is 26.0. The predicted octanol–water partition coefficient (Wildman–Crippen LogP) is 8.31. The Kier molecular flexibility index (Phi) is 20.3. The number of likely N-dealkylation sites (tertiary alicyclic amines) is 2. The van der Waals surface area contributed by atoms with Crippen LogP contribution in [-0.2, 0) is 42.4 Å². The first-order valence-corrected chi connectivity index (χ1v) is 31.2. The van der Waals surface area contributed by atoms with Crippen LogP contribution < -0.4 is 31.9 Å². The number of carbonyl (C=O) groups is 2. The zero-order valence-corrected chi connectivity index (χ0v) is 47.8. The minimum Gasteiger partial charge on any atom is -0.382 e. The Labute approximate surface area is 479 Å². The van der Waals surface area contributed by atoms with Gasteiger partial charge in [-0.2, -0.15) is 26.3 Å². The number of nitrogens with one attached hydrogen (secondary N) is 6. The molecule has 6 aromatic rings. The van der Waals surface area contributed by atoms with E-state index in [9.17, 15) is 52.8 Å². The van der Waals surface area contributed by atoms with Crippen molar-refractivity contribution in [2.75, 3.05) is 99.2 Å². The first kappa shape index (κ1) is 61.7. The van der Waals surface area contributed by atoms with Gasteiger partial charge < -0.3 is 41.0 Å². The molecular weight excluding hydrogens is 1120 g/mol. The summed E-state index contributed by atoms with van der Waals surface area (Å²) in [4.78, 5) is 30.2. The van der Waals surface area contributed by atoms with Crippen LogP contribution in [0.4, 0.5) is 49.1 Å². The average molecular weight is 1190 g/mol. The van der Waals surface area contributed by atoms with E-state index in [1.54, 1.807) is 60.7 Å². The molecule has 0 aliphatic carbocycles.